The number of amides is 1. The van der Waals surface area contributed by atoms with Crippen molar-refractivity contribution in [1.82, 2.24) is 14.8 Å². The molecule has 2 aliphatic rings. The van der Waals surface area contributed by atoms with Gasteiger partial charge in [-0.25, -0.2) is 0 Å². The van der Waals surface area contributed by atoms with Crippen molar-refractivity contribution >= 4 is 5.91 Å². The molecule has 24 heavy (non-hydrogen) atoms. The highest BCUT2D eigenvalue weighted by Crippen LogP contribution is 2.45. The molecule has 2 fully saturated rings. The minimum atomic E-state index is -0.468. The van der Waals surface area contributed by atoms with Crippen LogP contribution in [0, 0.1) is 5.41 Å². The molecule has 2 aliphatic heterocycles. The van der Waals surface area contributed by atoms with Crippen molar-refractivity contribution in [3.63, 3.8) is 0 Å². The first-order valence-corrected chi connectivity index (χ1v) is 8.90. The molecule has 132 valence electrons. The first-order chi connectivity index (χ1) is 11.3. The van der Waals surface area contributed by atoms with Crippen molar-refractivity contribution < 1.29 is 9.90 Å². The Bertz CT molecular complexity index is 580. The van der Waals surface area contributed by atoms with E-state index in [4.69, 9.17) is 0 Å². The number of nitrogens with zero attached hydrogens (tertiary/aromatic N) is 3. The fourth-order valence-corrected chi connectivity index (χ4v) is 4.26. The van der Waals surface area contributed by atoms with Crippen LogP contribution in [-0.4, -0.2) is 57.1 Å². The van der Waals surface area contributed by atoms with Gasteiger partial charge in [0.1, 0.15) is 0 Å². The Morgan fingerprint density at radius 2 is 2.08 bits per heavy atom. The van der Waals surface area contributed by atoms with E-state index in [-0.39, 0.29) is 11.3 Å². The minimum absolute atomic E-state index is 0.0616. The van der Waals surface area contributed by atoms with Gasteiger partial charge in [0.15, 0.2) is 0 Å². The summed E-state index contributed by atoms with van der Waals surface area (Å²) in [6.45, 7) is 9.28. The van der Waals surface area contributed by atoms with Crippen LogP contribution >= 0.6 is 0 Å². The summed E-state index contributed by atoms with van der Waals surface area (Å²) < 4.78 is 0. The second-order valence-electron chi connectivity index (χ2n) is 8.12. The van der Waals surface area contributed by atoms with Gasteiger partial charge >= 0.3 is 0 Å². The van der Waals surface area contributed by atoms with Crippen LogP contribution in [0.1, 0.15) is 45.6 Å². The molecule has 1 aromatic rings. The maximum atomic E-state index is 12.1. The van der Waals surface area contributed by atoms with Gasteiger partial charge in [0.2, 0.25) is 5.91 Å². The van der Waals surface area contributed by atoms with Gasteiger partial charge in [-0.1, -0.05) is 6.07 Å². The molecule has 5 nitrogen and oxygen atoms in total. The van der Waals surface area contributed by atoms with Crippen LogP contribution < -0.4 is 0 Å². The van der Waals surface area contributed by atoms with Gasteiger partial charge in [0.25, 0.3) is 0 Å². The van der Waals surface area contributed by atoms with Gasteiger partial charge in [-0.05, 0) is 63.2 Å². The van der Waals surface area contributed by atoms with E-state index in [0.29, 0.717) is 0 Å². The number of hydrogen-bond donors (Lipinski definition) is 1. The maximum absolute atomic E-state index is 12.1. The van der Waals surface area contributed by atoms with Crippen molar-refractivity contribution in [3.05, 3.63) is 30.1 Å². The summed E-state index contributed by atoms with van der Waals surface area (Å²) >= 11 is 0. The number of carbonyl (C=O) groups is 1. The summed E-state index contributed by atoms with van der Waals surface area (Å²) in [6, 6.07) is 4.09. The van der Waals surface area contributed by atoms with Crippen molar-refractivity contribution in [3.8, 4) is 0 Å². The van der Waals surface area contributed by atoms with Gasteiger partial charge in [0.05, 0.1) is 11.6 Å². The molecule has 0 aliphatic carbocycles. The Morgan fingerprint density at radius 1 is 1.38 bits per heavy atom. The van der Waals surface area contributed by atoms with Gasteiger partial charge in [-0.3, -0.25) is 14.7 Å². The van der Waals surface area contributed by atoms with Crippen molar-refractivity contribution in [2.45, 2.75) is 58.2 Å². The fraction of sp³-hybridized carbons (Fsp3) is 0.684. The average Bonchev–Trinajstić information content (AvgIpc) is 2.54. The second-order valence-corrected chi connectivity index (χ2v) is 8.12. The molecular formula is C19H29N3O2. The van der Waals surface area contributed by atoms with Crippen LogP contribution in [0.15, 0.2) is 24.5 Å². The Balaban J connectivity index is 1.65. The first kappa shape index (κ1) is 17.4. The molecule has 2 saturated heterocycles. The zero-order valence-corrected chi connectivity index (χ0v) is 15.0. The molecule has 1 amide bonds. The highest BCUT2D eigenvalue weighted by molar-refractivity contribution is 5.74. The summed E-state index contributed by atoms with van der Waals surface area (Å²) in [6.07, 6.45) is 6.13. The highest BCUT2D eigenvalue weighted by atomic mass is 16.3. The maximum Gasteiger partial charge on any atom is 0.219 e. The van der Waals surface area contributed by atoms with Crippen LogP contribution in [0.5, 0.6) is 0 Å². The summed E-state index contributed by atoms with van der Waals surface area (Å²) in [5.41, 5.74) is 0.833. The van der Waals surface area contributed by atoms with E-state index in [0.717, 1.165) is 45.4 Å². The topological polar surface area (TPSA) is 56.7 Å². The number of aromatic nitrogens is 1. The number of piperidine rings is 2. The van der Waals surface area contributed by atoms with Crippen LogP contribution in [-0.2, 0) is 11.3 Å². The van der Waals surface area contributed by atoms with Crippen LogP contribution in [0.25, 0.3) is 0 Å². The number of pyridine rings is 1. The quantitative estimate of drug-likeness (QED) is 0.901. The van der Waals surface area contributed by atoms with Crippen molar-refractivity contribution in [1.29, 1.82) is 0 Å². The lowest BCUT2D eigenvalue weighted by atomic mass is 9.67. The van der Waals surface area contributed by atoms with Gasteiger partial charge in [-0.2, -0.15) is 0 Å². The summed E-state index contributed by atoms with van der Waals surface area (Å²) in [5.74, 6) is 0.0657. The molecule has 0 aromatic carbocycles. The van der Waals surface area contributed by atoms with E-state index >= 15 is 0 Å². The van der Waals surface area contributed by atoms with Crippen LogP contribution in [0.2, 0.25) is 0 Å². The van der Waals surface area contributed by atoms with E-state index in [2.05, 4.69) is 16.0 Å². The molecule has 3 heterocycles. The normalized spacial score (nSPS) is 26.5. The molecule has 1 spiro atoms. The van der Waals surface area contributed by atoms with Gasteiger partial charge < -0.3 is 10.0 Å². The molecule has 3 rings (SSSR count). The third kappa shape index (κ3) is 3.33. The molecule has 1 unspecified atom stereocenters. The monoisotopic (exact) mass is 331 g/mol. The van der Waals surface area contributed by atoms with E-state index in [1.807, 2.05) is 31.0 Å². The van der Waals surface area contributed by atoms with E-state index in [9.17, 15) is 9.90 Å². The molecule has 1 aromatic heterocycles. The number of aliphatic hydroxyl groups is 1. The third-order valence-corrected chi connectivity index (χ3v) is 6.06. The minimum Gasteiger partial charge on any atom is -0.391 e. The molecule has 5 heteroatoms. The number of carbonyl (C=O) groups excluding carboxylic acids is 1. The predicted octanol–water partition coefficient (Wildman–Crippen LogP) is 2.06. The number of likely N-dealkylation sites (tertiary alicyclic amines) is 2. The highest BCUT2D eigenvalue weighted by Gasteiger charge is 2.50. The fourth-order valence-electron chi connectivity index (χ4n) is 4.26. The van der Waals surface area contributed by atoms with Gasteiger partial charge in [0, 0.05) is 32.4 Å². The SMILES string of the molecule is CC(=O)N1CC2(CCN(Cc3cccnc3)CC2)CC(O)C1(C)C. The Labute approximate surface area is 144 Å². The zero-order valence-electron chi connectivity index (χ0n) is 15.0. The molecule has 1 atom stereocenters. The molecule has 0 bridgehead atoms. The van der Waals surface area contributed by atoms with Crippen LogP contribution in [0.3, 0.4) is 0 Å². The number of aliphatic hydroxyl groups excluding tert-OH is 1. The summed E-state index contributed by atoms with van der Waals surface area (Å²) in [4.78, 5) is 20.6. The summed E-state index contributed by atoms with van der Waals surface area (Å²) in [5, 5.41) is 10.7. The zero-order chi connectivity index (χ0) is 17.4. The standard InChI is InChI=1S/C19H29N3O2/c1-15(23)22-14-19(11-17(24)18(22,2)3)6-9-21(10-7-19)13-16-5-4-8-20-12-16/h4-5,8,12,17,24H,6-7,9-11,13-14H2,1-3H3. The molecule has 0 saturated carbocycles. The lowest BCUT2D eigenvalue weighted by Crippen LogP contribution is -2.64. The second kappa shape index (κ2) is 6.45. The number of rotatable bonds is 2. The molecular weight excluding hydrogens is 302 g/mol. The molecule has 1 N–H and O–H groups in total. The van der Waals surface area contributed by atoms with Crippen LogP contribution in [0.4, 0.5) is 0 Å². The van der Waals surface area contributed by atoms with Crippen molar-refractivity contribution in [2.24, 2.45) is 5.41 Å². The lowest BCUT2D eigenvalue weighted by Gasteiger charge is -2.55. The Morgan fingerprint density at radius 3 is 2.67 bits per heavy atom. The van der Waals surface area contributed by atoms with E-state index < -0.39 is 11.6 Å². The molecule has 0 radical (unpaired) electrons. The summed E-state index contributed by atoms with van der Waals surface area (Å²) in [7, 11) is 0. The lowest BCUT2D eigenvalue weighted by molar-refractivity contribution is -0.157. The average molecular weight is 331 g/mol. The largest absolute Gasteiger partial charge is 0.391 e. The number of hydrogen-bond acceptors (Lipinski definition) is 4. The predicted molar refractivity (Wildman–Crippen MR) is 93.3 cm³/mol. The van der Waals surface area contributed by atoms with Crippen molar-refractivity contribution in [2.75, 3.05) is 19.6 Å². The van der Waals surface area contributed by atoms with Gasteiger partial charge in [-0.15, -0.1) is 0 Å². The van der Waals surface area contributed by atoms with E-state index in [1.165, 1.54) is 5.56 Å². The third-order valence-electron chi connectivity index (χ3n) is 6.06. The Kier molecular flexibility index (Phi) is 4.67. The smallest absolute Gasteiger partial charge is 0.219 e. The van der Waals surface area contributed by atoms with E-state index in [1.54, 1.807) is 13.1 Å². The Hall–Kier alpha value is -1.46. The first-order valence-electron chi connectivity index (χ1n) is 8.90.